The molecular formula is C11H13N5O3. The molecule has 0 saturated heterocycles. The van der Waals surface area contributed by atoms with E-state index in [1.807, 2.05) is 6.07 Å². The van der Waals surface area contributed by atoms with E-state index >= 15 is 0 Å². The molecule has 0 aliphatic carbocycles. The average molecular weight is 263 g/mol. The van der Waals surface area contributed by atoms with Crippen LogP contribution in [0.15, 0.2) is 12.1 Å². The van der Waals surface area contributed by atoms with Gasteiger partial charge in [-0.05, 0) is 11.3 Å². The molecule has 1 aliphatic rings. The van der Waals surface area contributed by atoms with Gasteiger partial charge in [-0.3, -0.25) is 0 Å². The molecule has 2 N–H and O–H groups in total. The van der Waals surface area contributed by atoms with Crippen LogP contribution >= 0.6 is 0 Å². The quantitative estimate of drug-likeness (QED) is 0.827. The fourth-order valence-corrected chi connectivity index (χ4v) is 1.78. The van der Waals surface area contributed by atoms with Gasteiger partial charge in [0.05, 0.1) is 7.05 Å². The van der Waals surface area contributed by atoms with Crippen molar-refractivity contribution in [3.8, 4) is 17.2 Å². The van der Waals surface area contributed by atoms with Crippen molar-refractivity contribution < 1.29 is 14.2 Å². The summed E-state index contributed by atoms with van der Waals surface area (Å²) >= 11 is 0. The molecule has 8 nitrogen and oxygen atoms in total. The number of fused-ring (bicyclic) bond motifs is 1. The molecule has 1 aromatic carbocycles. The second-order valence-corrected chi connectivity index (χ2v) is 4.00. The second kappa shape index (κ2) is 4.73. The standard InChI is InChI=1S/C11H13N5O3/c1-16-14-11(13-15-16)5-17-8-3-10-9(18-6-19-10)2-7(8)4-12/h2-3H,4-6,12H2,1H3. The Morgan fingerprint density at radius 2 is 2.16 bits per heavy atom. The molecule has 0 saturated carbocycles. The van der Waals surface area contributed by atoms with Gasteiger partial charge in [-0.1, -0.05) is 0 Å². The Bertz CT molecular complexity index is 598. The molecule has 0 atom stereocenters. The minimum Gasteiger partial charge on any atom is -0.485 e. The maximum atomic E-state index is 5.69. The molecule has 0 bridgehead atoms. The molecule has 0 amide bonds. The minimum atomic E-state index is 0.217. The zero-order valence-electron chi connectivity index (χ0n) is 10.4. The normalized spacial score (nSPS) is 12.7. The summed E-state index contributed by atoms with van der Waals surface area (Å²) in [5.74, 6) is 2.48. The van der Waals surface area contributed by atoms with Crippen LogP contribution in [0.5, 0.6) is 17.2 Å². The Balaban J connectivity index is 1.80. The van der Waals surface area contributed by atoms with Gasteiger partial charge in [0, 0.05) is 18.2 Å². The van der Waals surface area contributed by atoms with Crippen LogP contribution in [0.3, 0.4) is 0 Å². The highest BCUT2D eigenvalue weighted by atomic mass is 16.7. The number of hydrogen-bond acceptors (Lipinski definition) is 7. The van der Waals surface area contributed by atoms with E-state index in [1.54, 1.807) is 13.1 Å². The summed E-state index contributed by atoms with van der Waals surface area (Å²) < 4.78 is 16.3. The van der Waals surface area contributed by atoms with Crippen LogP contribution in [0.4, 0.5) is 0 Å². The topological polar surface area (TPSA) is 97.3 Å². The highest BCUT2D eigenvalue weighted by molar-refractivity contribution is 5.51. The van der Waals surface area contributed by atoms with E-state index < -0.39 is 0 Å². The average Bonchev–Trinajstić information content (AvgIpc) is 3.03. The van der Waals surface area contributed by atoms with Gasteiger partial charge in [-0.2, -0.15) is 4.80 Å². The number of aromatic nitrogens is 4. The highest BCUT2D eigenvalue weighted by Gasteiger charge is 2.17. The van der Waals surface area contributed by atoms with Crippen molar-refractivity contribution in [1.82, 2.24) is 20.2 Å². The molecule has 1 aliphatic heterocycles. The van der Waals surface area contributed by atoms with Gasteiger partial charge >= 0.3 is 0 Å². The predicted octanol–water partition coefficient (Wildman–Crippen LogP) is -0.0235. The summed E-state index contributed by atoms with van der Waals surface area (Å²) in [4.78, 5) is 1.38. The van der Waals surface area contributed by atoms with Gasteiger partial charge in [-0.15, -0.1) is 10.2 Å². The van der Waals surface area contributed by atoms with E-state index in [0.717, 1.165) is 5.56 Å². The van der Waals surface area contributed by atoms with Crippen molar-refractivity contribution in [2.45, 2.75) is 13.2 Å². The minimum absolute atomic E-state index is 0.217. The molecule has 2 heterocycles. The van der Waals surface area contributed by atoms with Crippen LogP contribution in [-0.4, -0.2) is 27.0 Å². The molecule has 3 rings (SSSR count). The molecule has 1 aromatic heterocycles. The molecular weight excluding hydrogens is 250 g/mol. The van der Waals surface area contributed by atoms with E-state index in [1.165, 1.54) is 4.80 Å². The number of hydrogen-bond donors (Lipinski definition) is 1. The van der Waals surface area contributed by atoms with Crippen molar-refractivity contribution in [1.29, 1.82) is 0 Å². The Hall–Kier alpha value is -2.35. The SMILES string of the molecule is Cn1nnc(COc2cc3c(cc2CN)OCO3)n1. The van der Waals surface area contributed by atoms with E-state index in [0.29, 0.717) is 29.6 Å². The predicted molar refractivity (Wildman–Crippen MR) is 63.6 cm³/mol. The first-order valence-corrected chi connectivity index (χ1v) is 5.74. The summed E-state index contributed by atoms with van der Waals surface area (Å²) in [6, 6.07) is 3.59. The maximum Gasteiger partial charge on any atom is 0.231 e. The summed E-state index contributed by atoms with van der Waals surface area (Å²) in [7, 11) is 1.70. The van der Waals surface area contributed by atoms with Crippen molar-refractivity contribution in [3.63, 3.8) is 0 Å². The molecule has 0 fully saturated rings. The molecule has 0 unspecified atom stereocenters. The zero-order valence-corrected chi connectivity index (χ0v) is 10.4. The van der Waals surface area contributed by atoms with Gasteiger partial charge in [0.1, 0.15) is 5.75 Å². The number of benzene rings is 1. The third-order valence-corrected chi connectivity index (χ3v) is 2.68. The van der Waals surface area contributed by atoms with Crippen LogP contribution in [0.1, 0.15) is 11.4 Å². The fourth-order valence-electron chi connectivity index (χ4n) is 1.78. The van der Waals surface area contributed by atoms with E-state index in [2.05, 4.69) is 15.4 Å². The van der Waals surface area contributed by atoms with Crippen molar-refractivity contribution in [3.05, 3.63) is 23.5 Å². The van der Waals surface area contributed by atoms with Crippen molar-refractivity contribution >= 4 is 0 Å². The van der Waals surface area contributed by atoms with Crippen LogP contribution in [0, 0.1) is 0 Å². The number of aryl methyl sites for hydroxylation is 1. The third-order valence-electron chi connectivity index (χ3n) is 2.68. The number of ether oxygens (including phenoxy) is 3. The number of nitrogens with zero attached hydrogens (tertiary/aromatic N) is 4. The monoisotopic (exact) mass is 263 g/mol. The largest absolute Gasteiger partial charge is 0.485 e. The van der Waals surface area contributed by atoms with Gasteiger partial charge in [0.2, 0.25) is 12.6 Å². The number of tetrazole rings is 1. The Morgan fingerprint density at radius 3 is 2.84 bits per heavy atom. The summed E-state index contributed by atoms with van der Waals surface area (Å²) in [5.41, 5.74) is 6.53. The van der Waals surface area contributed by atoms with Crippen LogP contribution in [-0.2, 0) is 20.2 Å². The summed E-state index contributed by atoms with van der Waals surface area (Å²) in [6.07, 6.45) is 0. The van der Waals surface area contributed by atoms with E-state index in [4.69, 9.17) is 19.9 Å². The lowest BCUT2D eigenvalue weighted by Gasteiger charge is -2.09. The van der Waals surface area contributed by atoms with E-state index in [9.17, 15) is 0 Å². The van der Waals surface area contributed by atoms with Gasteiger partial charge in [-0.25, -0.2) is 0 Å². The van der Waals surface area contributed by atoms with Crippen molar-refractivity contribution in [2.75, 3.05) is 6.79 Å². The molecule has 19 heavy (non-hydrogen) atoms. The van der Waals surface area contributed by atoms with Gasteiger partial charge in [0.15, 0.2) is 18.1 Å². The lowest BCUT2D eigenvalue weighted by molar-refractivity contribution is 0.173. The first kappa shape index (κ1) is 11.7. The first-order valence-electron chi connectivity index (χ1n) is 5.74. The first-order chi connectivity index (χ1) is 9.26. The summed E-state index contributed by atoms with van der Waals surface area (Å²) in [6.45, 7) is 0.787. The van der Waals surface area contributed by atoms with Crippen LogP contribution in [0.25, 0.3) is 0 Å². The van der Waals surface area contributed by atoms with Crippen LogP contribution in [0.2, 0.25) is 0 Å². The molecule has 0 radical (unpaired) electrons. The second-order valence-electron chi connectivity index (χ2n) is 4.00. The van der Waals surface area contributed by atoms with Crippen molar-refractivity contribution in [2.24, 2.45) is 12.8 Å². The van der Waals surface area contributed by atoms with E-state index in [-0.39, 0.29) is 13.4 Å². The Labute approximate surface area is 109 Å². The maximum absolute atomic E-state index is 5.69. The fraction of sp³-hybridized carbons (Fsp3) is 0.364. The van der Waals surface area contributed by atoms with Crippen LogP contribution < -0.4 is 19.9 Å². The van der Waals surface area contributed by atoms with Gasteiger partial charge < -0.3 is 19.9 Å². The zero-order chi connectivity index (χ0) is 13.2. The number of nitrogens with two attached hydrogens (primary N) is 1. The molecule has 0 spiro atoms. The smallest absolute Gasteiger partial charge is 0.231 e. The highest BCUT2D eigenvalue weighted by Crippen LogP contribution is 2.38. The number of rotatable bonds is 4. The third kappa shape index (κ3) is 2.29. The van der Waals surface area contributed by atoms with Gasteiger partial charge in [0.25, 0.3) is 0 Å². The molecule has 2 aromatic rings. The Morgan fingerprint density at radius 1 is 1.37 bits per heavy atom. The summed E-state index contributed by atoms with van der Waals surface area (Å²) in [5, 5.41) is 11.6. The Kier molecular flexibility index (Phi) is 2.92. The lowest BCUT2D eigenvalue weighted by atomic mass is 10.2. The lowest BCUT2D eigenvalue weighted by Crippen LogP contribution is -2.04. The molecule has 8 heteroatoms. The molecule has 100 valence electrons.